The van der Waals surface area contributed by atoms with Crippen molar-refractivity contribution < 1.29 is 14.3 Å². The molecule has 2 aromatic carbocycles. The summed E-state index contributed by atoms with van der Waals surface area (Å²) in [5.74, 6) is 3.60. The van der Waals surface area contributed by atoms with E-state index in [2.05, 4.69) is 15.0 Å². The minimum Gasteiger partial charge on any atom is -0.497 e. The van der Waals surface area contributed by atoms with Crippen LogP contribution >= 0.6 is 11.8 Å². The summed E-state index contributed by atoms with van der Waals surface area (Å²) >= 11 is 1.57. The van der Waals surface area contributed by atoms with Crippen LogP contribution in [0.1, 0.15) is 11.1 Å². The van der Waals surface area contributed by atoms with Crippen LogP contribution in [0.3, 0.4) is 0 Å². The molecule has 0 unspecified atom stereocenters. The molecule has 1 amide bonds. The summed E-state index contributed by atoms with van der Waals surface area (Å²) in [6.07, 6.45) is 6.55. The first-order chi connectivity index (χ1) is 16.7. The van der Waals surface area contributed by atoms with E-state index in [9.17, 15) is 4.79 Å². The first-order valence-electron chi connectivity index (χ1n) is 11.0. The van der Waals surface area contributed by atoms with Gasteiger partial charge in [0, 0.05) is 30.3 Å². The van der Waals surface area contributed by atoms with Gasteiger partial charge in [0.1, 0.15) is 17.3 Å². The van der Waals surface area contributed by atoms with Crippen LogP contribution in [-0.2, 0) is 17.0 Å². The summed E-state index contributed by atoms with van der Waals surface area (Å²) in [6.45, 7) is 0.531. The maximum atomic E-state index is 12.4. The van der Waals surface area contributed by atoms with Crippen LogP contribution in [0.4, 0.5) is 0 Å². The lowest BCUT2D eigenvalue weighted by Gasteiger charge is -2.12. The molecule has 8 heteroatoms. The average molecular weight is 477 g/mol. The molecule has 0 saturated carbocycles. The van der Waals surface area contributed by atoms with Crippen LogP contribution in [0, 0.1) is 0 Å². The van der Waals surface area contributed by atoms with E-state index in [1.807, 2.05) is 83.9 Å². The van der Waals surface area contributed by atoms with E-state index in [0.717, 1.165) is 34.1 Å². The van der Waals surface area contributed by atoms with Crippen LogP contribution in [0.5, 0.6) is 11.5 Å². The number of amides is 1. The molecule has 0 aliphatic rings. The van der Waals surface area contributed by atoms with Gasteiger partial charge in [-0.25, -0.2) is 4.68 Å². The third kappa shape index (κ3) is 5.63. The zero-order valence-electron chi connectivity index (χ0n) is 19.3. The number of nitrogens with zero attached hydrogens (tertiary/aromatic N) is 3. The molecule has 7 nitrogen and oxygen atoms in total. The van der Waals surface area contributed by atoms with Gasteiger partial charge >= 0.3 is 0 Å². The first kappa shape index (κ1) is 23.5. The van der Waals surface area contributed by atoms with Gasteiger partial charge in [-0.3, -0.25) is 4.79 Å². The lowest BCUT2D eigenvalue weighted by Crippen LogP contribution is -2.27. The van der Waals surface area contributed by atoms with Crippen molar-refractivity contribution in [2.75, 3.05) is 26.5 Å². The fraction of sp³-hybridized carbons (Fsp3) is 0.231. The number of para-hydroxylation sites is 1. The second kappa shape index (κ2) is 11.5. The van der Waals surface area contributed by atoms with Crippen molar-refractivity contribution in [1.29, 1.82) is 0 Å². The monoisotopic (exact) mass is 476 g/mol. The molecule has 1 N–H and O–H groups in total. The van der Waals surface area contributed by atoms with Crippen molar-refractivity contribution in [3.8, 4) is 23.0 Å². The Morgan fingerprint density at radius 3 is 2.53 bits per heavy atom. The van der Waals surface area contributed by atoms with Crippen LogP contribution < -0.4 is 14.8 Å². The number of thioether (sulfide) groups is 1. The number of methoxy groups -OCH3 is 2. The lowest BCUT2D eigenvalue weighted by atomic mass is 10.1. The fourth-order valence-corrected chi connectivity index (χ4v) is 4.52. The summed E-state index contributed by atoms with van der Waals surface area (Å²) in [7, 11) is 3.28. The molecular weight excluding hydrogens is 448 g/mol. The fourth-order valence-electron chi connectivity index (χ4n) is 3.71. The molecule has 4 aromatic rings. The highest BCUT2D eigenvalue weighted by Crippen LogP contribution is 2.25. The number of ether oxygens (including phenoxy) is 2. The quantitative estimate of drug-likeness (QED) is 0.350. The van der Waals surface area contributed by atoms with Gasteiger partial charge in [0.05, 0.1) is 31.9 Å². The normalized spacial score (nSPS) is 10.8. The Morgan fingerprint density at radius 2 is 1.79 bits per heavy atom. The summed E-state index contributed by atoms with van der Waals surface area (Å²) in [5, 5.41) is 7.61. The largest absolute Gasteiger partial charge is 0.497 e. The molecule has 0 saturated heterocycles. The first-order valence-corrected chi connectivity index (χ1v) is 12.2. The van der Waals surface area contributed by atoms with Gasteiger partial charge in [-0.05, 0) is 54.4 Å². The molecule has 0 aliphatic heterocycles. The molecule has 2 heterocycles. The highest BCUT2D eigenvalue weighted by molar-refractivity contribution is 7.99. The minimum atomic E-state index is 0.00447. The third-order valence-corrected chi connectivity index (χ3v) is 6.34. The van der Waals surface area contributed by atoms with Gasteiger partial charge < -0.3 is 19.4 Å². The van der Waals surface area contributed by atoms with E-state index in [4.69, 9.17) is 9.47 Å². The second-order valence-corrected chi connectivity index (χ2v) is 8.59. The van der Waals surface area contributed by atoms with Crippen molar-refractivity contribution in [3.63, 3.8) is 0 Å². The molecule has 0 bridgehead atoms. The van der Waals surface area contributed by atoms with E-state index < -0.39 is 0 Å². The highest BCUT2D eigenvalue weighted by atomic mass is 32.2. The Kier molecular flexibility index (Phi) is 7.93. The number of hydrogen-bond donors (Lipinski definition) is 1. The van der Waals surface area contributed by atoms with Crippen molar-refractivity contribution in [1.82, 2.24) is 19.7 Å². The van der Waals surface area contributed by atoms with E-state index in [1.165, 1.54) is 0 Å². The summed E-state index contributed by atoms with van der Waals surface area (Å²) < 4.78 is 14.7. The Labute approximate surface area is 203 Å². The number of carbonyl (C=O) groups is 1. The highest BCUT2D eigenvalue weighted by Gasteiger charge is 2.14. The van der Waals surface area contributed by atoms with Gasteiger partial charge in [0.2, 0.25) is 5.91 Å². The van der Waals surface area contributed by atoms with Crippen LogP contribution in [0.2, 0.25) is 0 Å². The number of carbonyl (C=O) groups excluding carboxylic acids is 1. The van der Waals surface area contributed by atoms with E-state index in [-0.39, 0.29) is 5.91 Å². The van der Waals surface area contributed by atoms with Crippen LogP contribution in [-0.4, -0.2) is 46.8 Å². The molecule has 0 aliphatic carbocycles. The van der Waals surface area contributed by atoms with E-state index in [0.29, 0.717) is 24.5 Å². The predicted octanol–water partition coefficient (Wildman–Crippen LogP) is 4.27. The lowest BCUT2D eigenvalue weighted by molar-refractivity contribution is -0.118. The maximum Gasteiger partial charge on any atom is 0.230 e. The molecule has 34 heavy (non-hydrogen) atoms. The smallest absolute Gasteiger partial charge is 0.230 e. The van der Waals surface area contributed by atoms with Gasteiger partial charge in [-0.2, -0.15) is 5.10 Å². The van der Waals surface area contributed by atoms with E-state index in [1.54, 1.807) is 26.0 Å². The number of benzene rings is 2. The SMILES string of the molecule is COc1ccc(OC)c(CCNC(=O)CSCc2cnn(-c3ccccc3)c2-n2cccc2)c1. The Morgan fingerprint density at radius 1 is 1.00 bits per heavy atom. The maximum absolute atomic E-state index is 12.4. The van der Waals surface area contributed by atoms with Crippen molar-refractivity contribution in [2.45, 2.75) is 12.2 Å². The molecular formula is C26H28N4O3S. The van der Waals surface area contributed by atoms with Gasteiger partial charge in [-0.1, -0.05) is 18.2 Å². The van der Waals surface area contributed by atoms with E-state index >= 15 is 0 Å². The molecule has 0 radical (unpaired) electrons. The third-order valence-electron chi connectivity index (χ3n) is 5.36. The zero-order chi connectivity index (χ0) is 23.8. The van der Waals surface area contributed by atoms with Gasteiger partial charge in [0.25, 0.3) is 0 Å². The summed E-state index contributed by atoms with van der Waals surface area (Å²) in [6, 6.07) is 19.7. The second-order valence-electron chi connectivity index (χ2n) is 7.60. The standard InChI is InChI=1S/C26H28N4O3S/c1-32-23-10-11-24(33-2)20(16-23)12-13-27-25(31)19-34-18-21-17-28-30(22-8-4-3-5-9-22)26(21)29-14-6-7-15-29/h3-11,14-17H,12-13,18-19H2,1-2H3,(H,27,31). The summed E-state index contributed by atoms with van der Waals surface area (Å²) in [4.78, 5) is 12.4. The van der Waals surface area contributed by atoms with Gasteiger partial charge in [-0.15, -0.1) is 11.8 Å². The van der Waals surface area contributed by atoms with Crippen molar-refractivity contribution in [3.05, 3.63) is 90.4 Å². The number of hydrogen-bond acceptors (Lipinski definition) is 5. The number of rotatable bonds is 11. The number of nitrogens with one attached hydrogen (secondary N) is 1. The molecule has 176 valence electrons. The number of aromatic nitrogens is 3. The van der Waals surface area contributed by atoms with Crippen molar-refractivity contribution >= 4 is 17.7 Å². The van der Waals surface area contributed by atoms with Crippen LogP contribution in [0.25, 0.3) is 11.5 Å². The average Bonchev–Trinajstić information content (AvgIpc) is 3.54. The van der Waals surface area contributed by atoms with Crippen molar-refractivity contribution in [2.24, 2.45) is 0 Å². The molecule has 0 spiro atoms. The predicted molar refractivity (Wildman–Crippen MR) is 135 cm³/mol. The Bertz CT molecular complexity index is 1210. The zero-order valence-corrected chi connectivity index (χ0v) is 20.1. The molecule has 2 aromatic heterocycles. The summed E-state index contributed by atoms with van der Waals surface area (Å²) in [5.41, 5.74) is 3.06. The Balaban J connectivity index is 1.33. The molecule has 4 rings (SSSR count). The van der Waals surface area contributed by atoms with Crippen LogP contribution in [0.15, 0.2) is 79.3 Å². The van der Waals surface area contributed by atoms with Gasteiger partial charge in [0.15, 0.2) is 0 Å². The minimum absolute atomic E-state index is 0.00447. The Hall–Kier alpha value is -3.65. The molecule has 0 fully saturated rings. The molecule has 0 atom stereocenters. The topological polar surface area (TPSA) is 70.3 Å².